The maximum absolute atomic E-state index is 12.9. The number of amides is 1. The van der Waals surface area contributed by atoms with Crippen LogP contribution in [-0.2, 0) is 13.0 Å². The second-order valence-electron chi connectivity index (χ2n) is 8.80. The number of nitrogens with zero attached hydrogens (tertiary/aromatic N) is 6. The summed E-state index contributed by atoms with van der Waals surface area (Å²) in [6.07, 6.45) is 6.57. The average Bonchev–Trinajstić information content (AvgIpc) is 3.69. The van der Waals surface area contributed by atoms with Crippen molar-refractivity contribution in [2.45, 2.75) is 25.4 Å². The van der Waals surface area contributed by atoms with Gasteiger partial charge in [0.05, 0.1) is 33.3 Å². The van der Waals surface area contributed by atoms with Crippen molar-refractivity contribution in [1.82, 2.24) is 39.8 Å². The first-order valence-electron chi connectivity index (χ1n) is 11.9. The fourth-order valence-corrected chi connectivity index (χ4v) is 4.89. The lowest BCUT2D eigenvalue weighted by atomic mass is 10.1. The van der Waals surface area contributed by atoms with Crippen molar-refractivity contribution in [2.24, 2.45) is 0 Å². The zero-order chi connectivity index (χ0) is 25.2. The number of nitrogens with one attached hydrogen (secondary N) is 2. The number of carbonyl (C=O) groups excluding carboxylic acids is 1. The van der Waals surface area contributed by atoms with Gasteiger partial charge in [-0.2, -0.15) is 5.10 Å². The van der Waals surface area contributed by atoms with Crippen LogP contribution in [0.4, 0.5) is 0 Å². The first-order chi connectivity index (χ1) is 18.2. The molecule has 1 aliphatic rings. The van der Waals surface area contributed by atoms with Crippen LogP contribution in [0.15, 0.2) is 85.6 Å². The van der Waals surface area contributed by atoms with E-state index in [0.717, 1.165) is 46.3 Å². The second kappa shape index (κ2) is 9.87. The molecule has 6 aromatic rings. The minimum Gasteiger partial charge on any atom is -0.347 e. The van der Waals surface area contributed by atoms with E-state index in [1.165, 1.54) is 0 Å². The van der Waals surface area contributed by atoms with Crippen molar-refractivity contribution in [3.8, 4) is 5.69 Å². The molecule has 0 fully saturated rings. The van der Waals surface area contributed by atoms with E-state index in [9.17, 15) is 4.79 Å². The minimum atomic E-state index is -0.190. The van der Waals surface area contributed by atoms with Gasteiger partial charge in [-0.25, -0.2) is 4.98 Å². The van der Waals surface area contributed by atoms with E-state index in [1.54, 1.807) is 29.4 Å². The number of hydrogen-bond acceptors (Lipinski definition) is 5. The summed E-state index contributed by atoms with van der Waals surface area (Å²) in [5.74, 6) is 0.837. The molecule has 10 heteroatoms. The predicted octanol–water partition coefficient (Wildman–Crippen LogP) is 4.58. The summed E-state index contributed by atoms with van der Waals surface area (Å²) in [7, 11) is 0. The monoisotopic (exact) mass is 510 g/mol. The summed E-state index contributed by atoms with van der Waals surface area (Å²) in [5, 5.41) is 19.4. The van der Waals surface area contributed by atoms with Crippen LogP contribution in [0.5, 0.6) is 0 Å². The highest BCUT2D eigenvalue weighted by atomic mass is 35.5. The van der Waals surface area contributed by atoms with Crippen molar-refractivity contribution in [3.05, 3.63) is 102 Å². The average molecular weight is 511 g/mol. The molecule has 7 rings (SSSR count). The highest BCUT2D eigenvalue weighted by Crippen LogP contribution is 2.28. The number of aryl methyl sites for hydroxylation is 1. The van der Waals surface area contributed by atoms with Gasteiger partial charge in [-0.3, -0.25) is 14.5 Å². The van der Waals surface area contributed by atoms with Crippen molar-refractivity contribution in [2.75, 3.05) is 0 Å². The third-order valence-electron chi connectivity index (χ3n) is 6.44. The molecule has 0 bridgehead atoms. The molecule has 3 aromatic heterocycles. The quantitative estimate of drug-likeness (QED) is 0.362. The Labute approximate surface area is 217 Å². The normalized spacial score (nSPS) is 14.7. The zero-order valence-corrected chi connectivity index (χ0v) is 20.5. The van der Waals surface area contributed by atoms with Gasteiger partial charge in [0, 0.05) is 30.1 Å². The zero-order valence-electron chi connectivity index (χ0n) is 19.8. The molecule has 37 heavy (non-hydrogen) atoms. The SMILES string of the molecule is O=C(NC1CCc2nc3ccc4cn[nH]c4c3n2C1)c1ccc(-n2cnnc2)cc1Cl.c1ccccc1. The van der Waals surface area contributed by atoms with E-state index >= 15 is 0 Å². The second-order valence-corrected chi connectivity index (χ2v) is 9.21. The van der Waals surface area contributed by atoms with E-state index < -0.39 is 0 Å². The van der Waals surface area contributed by atoms with Crippen LogP contribution in [0.3, 0.4) is 0 Å². The first kappa shape index (κ1) is 22.9. The van der Waals surface area contributed by atoms with E-state index in [-0.39, 0.29) is 11.9 Å². The largest absolute Gasteiger partial charge is 0.347 e. The van der Waals surface area contributed by atoms with Crippen LogP contribution in [0.25, 0.3) is 27.6 Å². The summed E-state index contributed by atoms with van der Waals surface area (Å²) in [5.41, 5.74) is 4.17. The molecule has 1 amide bonds. The van der Waals surface area contributed by atoms with Gasteiger partial charge < -0.3 is 9.88 Å². The smallest absolute Gasteiger partial charge is 0.253 e. The Morgan fingerprint density at radius 3 is 2.51 bits per heavy atom. The van der Waals surface area contributed by atoms with Gasteiger partial charge in [-0.05, 0) is 36.8 Å². The van der Waals surface area contributed by atoms with Crippen LogP contribution < -0.4 is 5.32 Å². The highest BCUT2D eigenvalue weighted by molar-refractivity contribution is 6.34. The summed E-state index contributed by atoms with van der Waals surface area (Å²) < 4.78 is 3.91. The fourth-order valence-electron chi connectivity index (χ4n) is 4.63. The van der Waals surface area contributed by atoms with Gasteiger partial charge in [-0.15, -0.1) is 10.2 Å². The van der Waals surface area contributed by atoms with E-state index in [2.05, 4.69) is 30.3 Å². The van der Waals surface area contributed by atoms with E-state index in [4.69, 9.17) is 16.6 Å². The predicted molar refractivity (Wildman–Crippen MR) is 142 cm³/mol. The molecule has 2 N–H and O–H groups in total. The van der Waals surface area contributed by atoms with Gasteiger partial charge in [-0.1, -0.05) is 48.0 Å². The van der Waals surface area contributed by atoms with Gasteiger partial charge in [0.15, 0.2) is 0 Å². The van der Waals surface area contributed by atoms with Gasteiger partial charge >= 0.3 is 0 Å². The third kappa shape index (κ3) is 4.56. The van der Waals surface area contributed by atoms with Crippen LogP contribution in [0.2, 0.25) is 5.02 Å². The number of carbonyl (C=O) groups is 1. The number of halogens is 1. The molecular weight excluding hydrogens is 488 g/mol. The van der Waals surface area contributed by atoms with Crippen molar-refractivity contribution >= 4 is 39.4 Å². The molecule has 184 valence electrons. The Morgan fingerprint density at radius 1 is 1.03 bits per heavy atom. The summed E-state index contributed by atoms with van der Waals surface area (Å²) in [4.78, 5) is 17.7. The third-order valence-corrected chi connectivity index (χ3v) is 6.75. The van der Waals surface area contributed by atoms with Gasteiger partial charge in [0.2, 0.25) is 0 Å². The molecule has 0 saturated carbocycles. The van der Waals surface area contributed by atoms with Crippen molar-refractivity contribution in [1.29, 1.82) is 0 Å². The molecule has 0 aliphatic carbocycles. The highest BCUT2D eigenvalue weighted by Gasteiger charge is 2.25. The van der Waals surface area contributed by atoms with Gasteiger partial charge in [0.25, 0.3) is 5.91 Å². The molecule has 4 heterocycles. The Morgan fingerprint density at radius 2 is 1.78 bits per heavy atom. The molecule has 0 saturated heterocycles. The lowest BCUT2D eigenvalue weighted by Crippen LogP contribution is -2.41. The maximum Gasteiger partial charge on any atom is 0.253 e. The Bertz CT molecular complexity index is 1650. The summed E-state index contributed by atoms with van der Waals surface area (Å²) in [6.45, 7) is 0.645. The van der Waals surface area contributed by atoms with Crippen LogP contribution in [0.1, 0.15) is 22.6 Å². The Balaban J connectivity index is 0.000000372. The molecule has 3 aromatic carbocycles. The molecule has 1 atom stereocenters. The number of rotatable bonds is 3. The molecule has 1 aliphatic heterocycles. The van der Waals surface area contributed by atoms with E-state index in [1.807, 2.05) is 60.8 Å². The standard InChI is InChI=1S/C21H17ClN8O.C6H6/c22-16-7-14(29-10-24-25-11-29)3-4-15(16)21(31)26-13-2-6-18-27-17-5-1-12-8-23-28-19(12)20(17)30(18)9-13;1-2-4-6-5-3-1/h1,3-5,7-8,10-11,13H,2,6,9H2,(H,23,28)(H,26,31);1-6H. The minimum absolute atomic E-state index is 0.0239. The maximum atomic E-state index is 12.9. The lowest BCUT2D eigenvalue weighted by Gasteiger charge is -2.25. The Hall–Kier alpha value is -4.50. The van der Waals surface area contributed by atoms with Crippen molar-refractivity contribution in [3.63, 3.8) is 0 Å². The fraction of sp³-hybridized carbons (Fsp3) is 0.148. The number of benzene rings is 3. The number of hydrogen-bond donors (Lipinski definition) is 2. The summed E-state index contributed by atoms with van der Waals surface area (Å²) >= 11 is 6.41. The Kier molecular flexibility index (Phi) is 6.11. The molecule has 0 spiro atoms. The first-order valence-corrected chi connectivity index (χ1v) is 12.3. The van der Waals surface area contributed by atoms with E-state index in [0.29, 0.717) is 17.1 Å². The molecular formula is C27H23ClN8O. The van der Waals surface area contributed by atoms with Crippen LogP contribution >= 0.6 is 11.6 Å². The van der Waals surface area contributed by atoms with Crippen molar-refractivity contribution < 1.29 is 4.79 Å². The topological polar surface area (TPSA) is 106 Å². The van der Waals surface area contributed by atoms with Crippen LogP contribution in [0, 0.1) is 0 Å². The number of fused-ring (bicyclic) bond motifs is 5. The van der Waals surface area contributed by atoms with Gasteiger partial charge in [0.1, 0.15) is 18.5 Å². The molecule has 1 unspecified atom stereocenters. The lowest BCUT2D eigenvalue weighted by molar-refractivity contribution is 0.0928. The number of aromatic nitrogens is 7. The summed E-state index contributed by atoms with van der Waals surface area (Å²) in [6, 6.07) is 21.3. The molecule has 9 nitrogen and oxygen atoms in total. The molecule has 0 radical (unpaired) electrons. The number of aromatic amines is 1. The van der Waals surface area contributed by atoms with Crippen LogP contribution in [-0.4, -0.2) is 46.5 Å². The number of imidazole rings is 1. The number of H-pyrrole nitrogens is 1.